The van der Waals surface area contributed by atoms with Gasteiger partial charge in [0.25, 0.3) is 5.91 Å². The SMILES string of the molecule is CC(=O)n1cc(C(=O)Nc2ccc(Br)cc2)c2ccccc21. The summed E-state index contributed by atoms with van der Waals surface area (Å²) in [5.41, 5.74) is 1.91. The zero-order valence-corrected chi connectivity index (χ0v) is 13.4. The Morgan fingerprint density at radius 3 is 2.41 bits per heavy atom. The second-order valence-corrected chi connectivity index (χ2v) is 5.83. The summed E-state index contributed by atoms with van der Waals surface area (Å²) in [7, 11) is 0. The Morgan fingerprint density at radius 1 is 1.05 bits per heavy atom. The van der Waals surface area contributed by atoms with Gasteiger partial charge in [-0.25, -0.2) is 0 Å². The van der Waals surface area contributed by atoms with Crippen molar-refractivity contribution in [2.75, 3.05) is 5.32 Å². The number of para-hydroxylation sites is 1. The number of carbonyl (C=O) groups excluding carboxylic acids is 2. The molecule has 1 amide bonds. The summed E-state index contributed by atoms with van der Waals surface area (Å²) < 4.78 is 2.44. The zero-order chi connectivity index (χ0) is 15.7. The summed E-state index contributed by atoms with van der Waals surface area (Å²) in [5, 5.41) is 3.60. The number of rotatable bonds is 2. The van der Waals surface area contributed by atoms with Crippen LogP contribution in [0, 0.1) is 0 Å². The maximum atomic E-state index is 12.5. The van der Waals surface area contributed by atoms with Gasteiger partial charge in [0.15, 0.2) is 0 Å². The van der Waals surface area contributed by atoms with Crippen LogP contribution in [0.4, 0.5) is 5.69 Å². The number of nitrogens with zero attached hydrogens (tertiary/aromatic N) is 1. The predicted molar refractivity (Wildman–Crippen MR) is 90.3 cm³/mol. The van der Waals surface area contributed by atoms with Crippen LogP contribution in [0.5, 0.6) is 0 Å². The molecule has 2 aromatic carbocycles. The Bertz CT molecular complexity index is 866. The molecule has 0 saturated heterocycles. The van der Waals surface area contributed by atoms with Crippen LogP contribution in [-0.4, -0.2) is 16.4 Å². The van der Waals surface area contributed by atoms with Crippen LogP contribution in [0.3, 0.4) is 0 Å². The number of anilines is 1. The molecular formula is C17H13BrN2O2. The van der Waals surface area contributed by atoms with Crippen molar-refractivity contribution in [3.63, 3.8) is 0 Å². The monoisotopic (exact) mass is 356 g/mol. The number of halogens is 1. The van der Waals surface area contributed by atoms with Gasteiger partial charge in [0, 0.05) is 28.7 Å². The fourth-order valence-corrected chi connectivity index (χ4v) is 2.62. The Morgan fingerprint density at radius 2 is 1.73 bits per heavy atom. The van der Waals surface area contributed by atoms with Gasteiger partial charge in [-0.3, -0.25) is 14.2 Å². The highest BCUT2D eigenvalue weighted by Crippen LogP contribution is 2.23. The smallest absolute Gasteiger partial charge is 0.257 e. The molecule has 0 aliphatic carbocycles. The van der Waals surface area contributed by atoms with Gasteiger partial charge < -0.3 is 5.32 Å². The summed E-state index contributed by atoms with van der Waals surface area (Å²) in [6, 6.07) is 14.7. The Hall–Kier alpha value is -2.40. The molecule has 0 saturated carbocycles. The lowest BCUT2D eigenvalue weighted by Crippen LogP contribution is -2.11. The molecule has 3 rings (SSSR count). The van der Waals surface area contributed by atoms with E-state index in [4.69, 9.17) is 0 Å². The molecule has 0 atom stereocenters. The molecule has 0 unspecified atom stereocenters. The fourth-order valence-electron chi connectivity index (χ4n) is 2.35. The van der Waals surface area contributed by atoms with E-state index in [0.29, 0.717) is 11.3 Å². The van der Waals surface area contributed by atoms with E-state index in [1.807, 2.05) is 48.5 Å². The van der Waals surface area contributed by atoms with Crippen molar-refractivity contribution >= 4 is 44.3 Å². The second-order valence-electron chi connectivity index (χ2n) is 4.91. The van der Waals surface area contributed by atoms with Crippen LogP contribution < -0.4 is 5.32 Å². The molecule has 0 radical (unpaired) electrons. The highest BCUT2D eigenvalue weighted by molar-refractivity contribution is 9.10. The lowest BCUT2D eigenvalue weighted by molar-refractivity contribution is 0.0941. The maximum absolute atomic E-state index is 12.5. The third kappa shape index (κ3) is 2.67. The zero-order valence-electron chi connectivity index (χ0n) is 11.8. The molecule has 3 aromatic rings. The highest BCUT2D eigenvalue weighted by atomic mass is 79.9. The van der Waals surface area contributed by atoms with Gasteiger partial charge in [-0.1, -0.05) is 34.1 Å². The standard InChI is InChI=1S/C17H13BrN2O2/c1-11(21)20-10-15(14-4-2-3-5-16(14)20)17(22)19-13-8-6-12(18)7-9-13/h2-10H,1H3,(H,19,22). The largest absolute Gasteiger partial charge is 0.322 e. The number of aromatic nitrogens is 1. The van der Waals surface area contributed by atoms with Crippen molar-refractivity contribution in [3.8, 4) is 0 Å². The van der Waals surface area contributed by atoms with E-state index < -0.39 is 0 Å². The number of hydrogen-bond donors (Lipinski definition) is 1. The molecule has 0 spiro atoms. The van der Waals surface area contributed by atoms with Gasteiger partial charge >= 0.3 is 0 Å². The Labute approximate surface area is 135 Å². The number of amides is 1. The first kappa shape index (κ1) is 14.5. The Kier molecular flexibility index (Phi) is 3.81. The summed E-state index contributed by atoms with van der Waals surface area (Å²) in [4.78, 5) is 24.2. The first-order chi connectivity index (χ1) is 10.6. The van der Waals surface area contributed by atoms with Crippen molar-refractivity contribution in [2.24, 2.45) is 0 Å². The molecule has 22 heavy (non-hydrogen) atoms. The lowest BCUT2D eigenvalue weighted by Gasteiger charge is -2.04. The topological polar surface area (TPSA) is 51.1 Å². The molecule has 1 aromatic heterocycles. The van der Waals surface area contributed by atoms with Crippen LogP contribution in [0.25, 0.3) is 10.9 Å². The summed E-state index contributed by atoms with van der Waals surface area (Å²) in [6.45, 7) is 1.48. The molecular weight excluding hydrogens is 344 g/mol. The summed E-state index contributed by atoms with van der Waals surface area (Å²) in [5.74, 6) is -0.364. The minimum absolute atomic E-state index is 0.126. The molecule has 1 heterocycles. The average molecular weight is 357 g/mol. The quantitative estimate of drug-likeness (QED) is 0.743. The van der Waals surface area contributed by atoms with Gasteiger partial charge in [0.2, 0.25) is 5.91 Å². The molecule has 0 bridgehead atoms. The highest BCUT2D eigenvalue weighted by Gasteiger charge is 2.16. The third-order valence-corrected chi connectivity index (χ3v) is 3.93. The number of benzene rings is 2. The number of fused-ring (bicyclic) bond motifs is 1. The minimum atomic E-state index is -0.237. The molecule has 110 valence electrons. The van der Waals surface area contributed by atoms with E-state index in [2.05, 4.69) is 21.2 Å². The molecule has 5 heteroatoms. The van der Waals surface area contributed by atoms with Gasteiger partial charge in [0.05, 0.1) is 11.1 Å². The minimum Gasteiger partial charge on any atom is -0.322 e. The van der Waals surface area contributed by atoms with Gasteiger partial charge in [-0.05, 0) is 30.3 Å². The maximum Gasteiger partial charge on any atom is 0.257 e. The van der Waals surface area contributed by atoms with Crippen LogP contribution in [0.15, 0.2) is 59.2 Å². The molecule has 0 aliphatic heterocycles. The summed E-state index contributed by atoms with van der Waals surface area (Å²) in [6.07, 6.45) is 1.58. The molecule has 0 fully saturated rings. The van der Waals surface area contributed by atoms with E-state index in [1.165, 1.54) is 11.5 Å². The van der Waals surface area contributed by atoms with Crippen LogP contribution in [-0.2, 0) is 0 Å². The molecule has 1 N–H and O–H groups in total. The van der Waals surface area contributed by atoms with E-state index >= 15 is 0 Å². The summed E-state index contributed by atoms with van der Waals surface area (Å²) >= 11 is 3.35. The van der Waals surface area contributed by atoms with Crippen LogP contribution in [0.2, 0.25) is 0 Å². The number of carbonyl (C=O) groups is 2. The third-order valence-electron chi connectivity index (χ3n) is 3.40. The van der Waals surface area contributed by atoms with Gasteiger partial charge in [0.1, 0.15) is 0 Å². The first-order valence-electron chi connectivity index (χ1n) is 6.74. The van der Waals surface area contributed by atoms with Crippen LogP contribution in [0.1, 0.15) is 22.1 Å². The first-order valence-corrected chi connectivity index (χ1v) is 7.53. The van der Waals surface area contributed by atoms with Gasteiger partial charge in [-0.2, -0.15) is 0 Å². The average Bonchev–Trinajstić information content (AvgIpc) is 2.89. The van der Waals surface area contributed by atoms with Gasteiger partial charge in [-0.15, -0.1) is 0 Å². The van der Waals surface area contributed by atoms with Crippen LogP contribution >= 0.6 is 15.9 Å². The predicted octanol–water partition coefficient (Wildman–Crippen LogP) is 4.32. The molecule has 4 nitrogen and oxygen atoms in total. The lowest BCUT2D eigenvalue weighted by atomic mass is 10.1. The van der Waals surface area contributed by atoms with Crippen molar-refractivity contribution in [3.05, 3.63) is 64.8 Å². The van der Waals surface area contributed by atoms with Crippen molar-refractivity contribution in [1.29, 1.82) is 0 Å². The Balaban J connectivity index is 2.00. The van der Waals surface area contributed by atoms with E-state index in [-0.39, 0.29) is 11.8 Å². The second kappa shape index (κ2) is 5.77. The number of hydrogen-bond acceptors (Lipinski definition) is 2. The van der Waals surface area contributed by atoms with Crippen molar-refractivity contribution in [1.82, 2.24) is 4.57 Å². The van der Waals surface area contributed by atoms with E-state index in [9.17, 15) is 9.59 Å². The van der Waals surface area contributed by atoms with Crippen molar-refractivity contribution in [2.45, 2.75) is 6.92 Å². The fraction of sp³-hybridized carbons (Fsp3) is 0.0588. The van der Waals surface area contributed by atoms with Crippen molar-refractivity contribution < 1.29 is 9.59 Å². The number of nitrogens with one attached hydrogen (secondary N) is 1. The normalized spacial score (nSPS) is 10.6. The van der Waals surface area contributed by atoms with E-state index in [1.54, 1.807) is 6.20 Å². The van der Waals surface area contributed by atoms with E-state index in [0.717, 1.165) is 15.4 Å². The molecule has 0 aliphatic rings.